The highest BCUT2D eigenvalue weighted by atomic mass is 15.2. The van der Waals surface area contributed by atoms with Crippen LogP contribution >= 0.6 is 0 Å². The van der Waals surface area contributed by atoms with Crippen molar-refractivity contribution in [1.29, 1.82) is 0 Å². The van der Waals surface area contributed by atoms with Crippen LogP contribution in [0.25, 0.3) is 10.8 Å². The molecular formula is C18H25N3. The van der Waals surface area contributed by atoms with Crippen molar-refractivity contribution in [2.24, 2.45) is 17.2 Å². The van der Waals surface area contributed by atoms with Gasteiger partial charge in [-0.15, -0.1) is 0 Å². The highest BCUT2D eigenvalue weighted by molar-refractivity contribution is 5.85. The van der Waals surface area contributed by atoms with Crippen LogP contribution in [-0.4, -0.2) is 4.98 Å². The maximum Gasteiger partial charge on any atom is 0.0499 e. The van der Waals surface area contributed by atoms with Gasteiger partial charge in [0.25, 0.3) is 0 Å². The molecule has 1 saturated carbocycles. The number of nitrogens with one attached hydrogen (secondary N) is 1. The van der Waals surface area contributed by atoms with Crippen LogP contribution in [0.4, 0.5) is 0 Å². The van der Waals surface area contributed by atoms with E-state index in [0.29, 0.717) is 11.3 Å². The summed E-state index contributed by atoms with van der Waals surface area (Å²) in [6.07, 6.45) is 8.95. The van der Waals surface area contributed by atoms with E-state index < -0.39 is 0 Å². The van der Waals surface area contributed by atoms with Gasteiger partial charge in [-0.3, -0.25) is 16.3 Å². The maximum atomic E-state index is 5.98. The van der Waals surface area contributed by atoms with Gasteiger partial charge < -0.3 is 0 Å². The van der Waals surface area contributed by atoms with Gasteiger partial charge in [0, 0.05) is 23.8 Å². The molecule has 0 amide bonds. The Morgan fingerprint density at radius 3 is 2.90 bits per heavy atom. The van der Waals surface area contributed by atoms with E-state index in [4.69, 9.17) is 5.84 Å². The van der Waals surface area contributed by atoms with Gasteiger partial charge in [-0.1, -0.05) is 44.9 Å². The molecule has 0 spiro atoms. The molecular weight excluding hydrogens is 258 g/mol. The zero-order valence-electron chi connectivity index (χ0n) is 13.0. The first kappa shape index (κ1) is 14.5. The minimum atomic E-state index is 0.200. The molecule has 112 valence electrons. The van der Waals surface area contributed by atoms with Crippen molar-refractivity contribution in [2.75, 3.05) is 0 Å². The first-order chi connectivity index (χ1) is 10.1. The normalized spacial score (nSPS) is 23.1. The third-order valence-electron chi connectivity index (χ3n) is 5.22. The fourth-order valence-electron chi connectivity index (χ4n) is 3.98. The molecule has 1 heterocycles. The number of rotatable bonds is 3. The minimum absolute atomic E-state index is 0.200. The summed E-state index contributed by atoms with van der Waals surface area (Å²) in [5.74, 6) is 6.55. The number of nitrogens with two attached hydrogens (primary N) is 1. The summed E-state index contributed by atoms with van der Waals surface area (Å²) in [4.78, 5) is 4.23. The highest BCUT2D eigenvalue weighted by Crippen LogP contribution is 2.47. The molecule has 0 radical (unpaired) electrons. The van der Waals surface area contributed by atoms with Crippen molar-refractivity contribution in [1.82, 2.24) is 10.4 Å². The molecule has 0 saturated heterocycles. The van der Waals surface area contributed by atoms with Crippen molar-refractivity contribution in [3.63, 3.8) is 0 Å². The molecule has 1 fully saturated rings. The topological polar surface area (TPSA) is 50.9 Å². The Hall–Kier alpha value is -1.45. The molecule has 1 aliphatic carbocycles. The molecule has 1 aliphatic rings. The minimum Gasteiger partial charge on any atom is -0.271 e. The van der Waals surface area contributed by atoms with E-state index in [1.807, 2.05) is 12.4 Å². The molecule has 21 heavy (non-hydrogen) atoms. The fourth-order valence-corrected chi connectivity index (χ4v) is 3.98. The third-order valence-corrected chi connectivity index (χ3v) is 5.22. The Bertz CT molecular complexity index is 615. The Labute approximate surface area is 126 Å². The highest BCUT2D eigenvalue weighted by Gasteiger charge is 2.38. The second-order valence-corrected chi connectivity index (χ2v) is 6.93. The van der Waals surface area contributed by atoms with Crippen LogP contribution < -0.4 is 11.3 Å². The van der Waals surface area contributed by atoms with Gasteiger partial charge in [-0.2, -0.15) is 0 Å². The van der Waals surface area contributed by atoms with E-state index in [9.17, 15) is 0 Å². The average Bonchev–Trinajstić information content (AvgIpc) is 2.49. The molecule has 2 aromatic rings. The molecule has 2 atom stereocenters. The van der Waals surface area contributed by atoms with Gasteiger partial charge in [-0.25, -0.2) is 0 Å². The summed E-state index contributed by atoms with van der Waals surface area (Å²) < 4.78 is 0. The second kappa shape index (κ2) is 5.74. The molecule has 3 N–H and O–H groups in total. The smallest absolute Gasteiger partial charge is 0.0499 e. The average molecular weight is 283 g/mol. The summed E-state index contributed by atoms with van der Waals surface area (Å²) in [7, 11) is 0. The summed E-state index contributed by atoms with van der Waals surface area (Å²) in [5, 5.41) is 2.45. The third kappa shape index (κ3) is 2.68. The molecule has 1 aromatic carbocycles. The predicted octanol–water partition coefficient (Wildman–Crippen LogP) is 3.96. The van der Waals surface area contributed by atoms with Crippen LogP contribution in [0.5, 0.6) is 0 Å². The standard InChI is InChI=1S/C18H25N3/c1-18(2)10-4-3-8-16(18)17(21-19)15-7-5-6-13-12-20-11-9-14(13)15/h5-7,9,11-12,16-17,21H,3-4,8,10,19H2,1-2H3. The number of pyridine rings is 1. The molecule has 3 rings (SSSR count). The van der Waals surface area contributed by atoms with Crippen molar-refractivity contribution in [3.8, 4) is 0 Å². The van der Waals surface area contributed by atoms with E-state index in [1.54, 1.807) is 0 Å². The van der Waals surface area contributed by atoms with Gasteiger partial charge >= 0.3 is 0 Å². The lowest BCUT2D eigenvalue weighted by atomic mass is 9.64. The zero-order valence-corrected chi connectivity index (χ0v) is 13.0. The molecule has 1 aromatic heterocycles. The van der Waals surface area contributed by atoms with Crippen molar-refractivity contribution < 1.29 is 0 Å². The fraction of sp³-hybridized carbons (Fsp3) is 0.500. The van der Waals surface area contributed by atoms with Gasteiger partial charge in [0.2, 0.25) is 0 Å². The summed E-state index contributed by atoms with van der Waals surface area (Å²) in [6.45, 7) is 4.77. The molecule has 2 unspecified atom stereocenters. The first-order valence-electron chi connectivity index (χ1n) is 7.92. The molecule has 0 aliphatic heterocycles. The van der Waals surface area contributed by atoms with Crippen LogP contribution in [0.15, 0.2) is 36.7 Å². The predicted molar refractivity (Wildman–Crippen MR) is 87.5 cm³/mol. The summed E-state index contributed by atoms with van der Waals surface area (Å²) in [5.41, 5.74) is 4.74. The summed E-state index contributed by atoms with van der Waals surface area (Å²) >= 11 is 0. The largest absolute Gasteiger partial charge is 0.271 e. The number of fused-ring (bicyclic) bond motifs is 1. The van der Waals surface area contributed by atoms with Crippen LogP contribution in [0.2, 0.25) is 0 Å². The second-order valence-electron chi connectivity index (χ2n) is 6.93. The Morgan fingerprint density at radius 1 is 1.29 bits per heavy atom. The maximum absolute atomic E-state index is 5.98. The molecule has 0 bridgehead atoms. The lowest BCUT2D eigenvalue weighted by Crippen LogP contribution is -2.41. The number of nitrogens with zero attached hydrogens (tertiary/aromatic N) is 1. The number of hydrogen-bond donors (Lipinski definition) is 2. The van der Waals surface area contributed by atoms with E-state index in [0.717, 1.165) is 0 Å². The van der Waals surface area contributed by atoms with Gasteiger partial charge in [0.1, 0.15) is 0 Å². The van der Waals surface area contributed by atoms with Crippen molar-refractivity contribution in [3.05, 3.63) is 42.2 Å². The lowest BCUT2D eigenvalue weighted by Gasteiger charge is -2.43. The van der Waals surface area contributed by atoms with Gasteiger partial charge in [0.15, 0.2) is 0 Å². The van der Waals surface area contributed by atoms with Crippen molar-refractivity contribution in [2.45, 2.75) is 45.6 Å². The quantitative estimate of drug-likeness (QED) is 0.662. The molecule has 3 heteroatoms. The van der Waals surface area contributed by atoms with Gasteiger partial charge in [0.05, 0.1) is 0 Å². The van der Waals surface area contributed by atoms with E-state index >= 15 is 0 Å². The van der Waals surface area contributed by atoms with Crippen LogP contribution in [-0.2, 0) is 0 Å². The van der Waals surface area contributed by atoms with Crippen LogP contribution in [0.1, 0.15) is 51.1 Å². The SMILES string of the molecule is CC1(C)CCCCC1C(NN)c1cccc2cnccc12. The Morgan fingerprint density at radius 2 is 2.14 bits per heavy atom. The van der Waals surface area contributed by atoms with Crippen molar-refractivity contribution >= 4 is 10.8 Å². The monoisotopic (exact) mass is 283 g/mol. The van der Waals surface area contributed by atoms with Gasteiger partial charge in [-0.05, 0) is 41.2 Å². The summed E-state index contributed by atoms with van der Waals surface area (Å²) in [6, 6.07) is 8.74. The van der Waals surface area contributed by atoms with E-state index in [1.165, 1.54) is 42.0 Å². The number of benzene rings is 1. The first-order valence-corrected chi connectivity index (χ1v) is 7.92. The zero-order chi connectivity index (χ0) is 14.9. The Kier molecular flexibility index (Phi) is 3.96. The van der Waals surface area contributed by atoms with E-state index in [2.05, 4.69) is 48.5 Å². The van der Waals surface area contributed by atoms with Crippen LogP contribution in [0.3, 0.4) is 0 Å². The Balaban J connectivity index is 2.06. The number of aromatic nitrogens is 1. The molecule has 3 nitrogen and oxygen atoms in total. The lowest BCUT2D eigenvalue weighted by molar-refractivity contribution is 0.0987. The number of hydrogen-bond acceptors (Lipinski definition) is 3. The number of hydrazine groups is 1. The van der Waals surface area contributed by atoms with E-state index in [-0.39, 0.29) is 6.04 Å². The van der Waals surface area contributed by atoms with Crippen LogP contribution in [0, 0.1) is 11.3 Å².